The maximum Gasteiger partial charge on any atom is 0.407 e. The fraction of sp³-hybridized carbons (Fsp3) is 0.368. The number of benzene rings is 3. The number of aliphatic hydroxyl groups excluding tert-OH is 1. The highest BCUT2D eigenvalue weighted by Crippen LogP contribution is 2.48. The van der Waals surface area contributed by atoms with Gasteiger partial charge in [-0.2, -0.15) is 15.2 Å². The number of nitrogens with two attached hydrogens (primary N) is 2. The number of nitrogen functional groups attached to an aromatic ring is 2. The zero-order valence-electron chi connectivity index (χ0n) is 44.6. The van der Waals surface area contributed by atoms with Crippen LogP contribution < -0.4 is 32.0 Å². The Labute approximate surface area is 478 Å². The molecule has 430 valence electrons. The number of nitrogens with one attached hydrogen (secondary N) is 1. The topological polar surface area (TPSA) is 267 Å². The number of carbonyl (C=O) groups is 3. The van der Waals surface area contributed by atoms with Crippen LogP contribution >= 0.6 is 22.9 Å². The third-order valence-electron chi connectivity index (χ3n) is 16.6. The third kappa shape index (κ3) is 9.27. The minimum absolute atomic E-state index is 0.0259. The van der Waals surface area contributed by atoms with Crippen molar-refractivity contribution in [1.82, 2.24) is 34.6 Å². The number of thiophene rings is 1. The molecule has 6 N–H and O–H groups in total. The van der Waals surface area contributed by atoms with Gasteiger partial charge in [0.2, 0.25) is 0 Å². The van der Waals surface area contributed by atoms with Gasteiger partial charge in [0.15, 0.2) is 17.7 Å². The fourth-order valence-corrected chi connectivity index (χ4v) is 13.7. The van der Waals surface area contributed by atoms with E-state index in [-0.39, 0.29) is 141 Å². The lowest BCUT2D eigenvalue weighted by Gasteiger charge is -2.41. The average molecular weight is 1180 g/mol. The first-order chi connectivity index (χ1) is 39.7. The Bertz CT molecular complexity index is 4070. The van der Waals surface area contributed by atoms with E-state index in [0.717, 1.165) is 23.8 Å². The van der Waals surface area contributed by atoms with Gasteiger partial charge in [-0.25, -0.2) is 27.3 Å². The Morgan fingerprint density at radius 2 is 1.88 bits per heavy atom. The average Bonchev–Trinajstić information content (AvgIpc) is 2.47. The summed E-state index contributed by atoms with van der Waals surface area (Å²) in [6, 6.07) is 11.2. The van der Waals surface area contributed by atoms with Gasteiger partial charge in [-0.05, 0) is 68.6 Å². The highest BCUT2D eigenvalue weighted by molar-refractivity contribution is 7.23. The number of amides is 2. The molecule has 9 heterocycles. The number of ether oxygens (including phenoxy) is 4. The number of nitriles is 1. The number of halogens is 5. The Hall–Kier alpha value is -8.15. The van der Waals surface area contributed by atoms with Crippen molar-refractivity contribution in [2.45, 2.75) is 82.3 Å². The van der Waals surface area contributed by atoms with Gasteiger partial charge in [-0.15, -0.1) is 11.3 Å². The van der Waals surface area contributed by atoms with Crippen molar-refractivity contribution < 1.29 is 56.0 Å². The van der Waals surface area contributed by atoms with Crippen molar-refractivity contribution in [2.24, 2.45) is 0 Å². The van der Waals surface area contributed by atoms with Crippen LogP contribution in [0.2, 0.25) is 5.02 Å². The van der Waals surface area contributed by atoms with Gasteiger partial charge >= 0.3 is 18.1 Å². The van der Waals surface area contributed by atoms with Gasteiger partial charge in [-0.3, -0.25) is 19.3 Å². The molecular weight excluding hydrogens is 1130 g/mol. The predicted molar refractivity (Wildman–Crippen MR) is 299 cm³/mol. The van der Waals surface area contributed by atoms with Crippen LogP contribution in [0.3, 0.4) is 0 Å². The predicted octanol–water partition coefficient (Wildman–Crippen LogP) is 7.33. The standard InChI is InChI=1S/C57H52ClF4N11O9S/c1-4-57(35-15-41-46-29(12-28-13-39(64)38(61)16-40(28)67-46)21-73(41)52(76)34(35)24-79-53(57)77)82-42(74)19-66-55(78)80-23-26(2)51(75)70-10-11-72(27(3)20-70)50-32-14-36(58)44(31-6-7-37(60)48-43(31)33(18-63)49(65)83-48)45(62)47(32)68-54(69-50)81-25-56-8-5-9-71(56)22-30(59)17-56/h6-7,12-16,27,30,53,77H,2,4-5,8-11,17,19-25,64-65H2,1,3H3,(H,66,78)/t27-,30+,53?,56-,57-/m0/s1. The van der Waals surface area contributed by atoms with Gasteiger partial charge in [0.05, 0.1) is 62.1 Å². The lowest BCUT2D eigenvalue weighted by molar-refractivity contribution is -0.250. The van der Waals surface area contributed by atoms with Crippen molar-refractivity contribution in [1.29, 1.82) is 5.26 Å². The summed E-state index contributed by atoms with van der Waals surface area (Å²) >= 11 is 7.80. The molecule has 4 aromatic heterocycles. The Morgan fingerprint density at radius 1 is 1.07 bits per heavy atom. The number of piperazine rings is 1. The van der Waals surface area contributed by atoms with E-state index in [9.17, 15) is 38.3 Å². The number of hydrogen-bond acceptors (Lipinski definition) is 18. The number of fused-ring (bicyclic) bond motifs is 8. The van der Waals surface area contributed by atoms with Gasteiger partial charge < -0.3 is 55.2 Å². The number of carbonyl (C=O) groups excluding carboxylic acids is 3. The van der Waals surface area contributed by atoms with E-state index in [1.165, 1.54) is 33.7 Å². The summed E-state index contributed by atoms with van der Waals surface area (Å²) in [5, 5.41) is 24.4. The smallest absolute Gasteiger partial charge is 0.407 e. The first-order valence-electron chi connectivity index (χ1n) is 26.7. The van der Waals surface area contributed by atoms with E-state index >= 15 is 8.78 Å². The lowest BCUT2D eigenvalue weighted by atomic mass is 9.84. The molecule has 3 aromatic carbocycles. The van der Waals surface area contributed by atoms with Crippen molar-refractivity contribution in [3.05, 3.63) is 110 Å². The van der Waals surface area contributed by atoms with E-state index in [1.54, 1.807) is 19.1 Å². The first kappa shape index (κ1) is 55.4. The second kappa shape index (κ2) is 20.9. The number of aromatic nitrogens is 4. The molecule has 83 heavy (non-hydrogen) atoms. The summed E-state index contributed by atoms with van der Waals surface area (Å²) in [5.41, 5.74) is 10.5. The summed E-state index contributed by atoms with van der Waals surface area (Å²) in [6.45, 7) is 7.04. The molecule has 3 fully saturated rings. The zero-order valence-corrected chi connectivity index (χ0v) is 46.2. The molecule has 0 aliphatic carbocycles. The maximum absolute atomic E-state index is 17.4. The Balaban J connectivity index is 0.726. The highest BCUT2D eigenvalue weighted by atomic mass is 35.5. The normalized spacial score (nSPS) is 21.8. The number of alkyl halides is 1. The molecule has 20 nitrogen and oxygen atoms in total. The second-order valence-corrected chi connectivity index (χ2v) is 22.9. The van der Waals surface area contributed by atoms with Gasteiger partial charge in [0, 0.05) is 83.1 Å². The van der Waals surface area contributed by atoms with E-state index in [1.807, 2.05) is 17.9 Å². The summed E-state index contributed by atoms with van der Waals surface area (Å²) < 4.78 is 86.5. The number of pyridine rings is 2. The molecule has 0 saturated carbocycles. The van der Waals surface area contributed by atoms with Crippen molar-refractivity contribution >= 4 is 89.3 Å². The highest BCUT2D eigenvalue weighted by Gasteiger charge is 2.51. The Morgan fingerprint density at radius 3 is 2.65 bits per heavy atom. The monoisotopic (exact) mass is 1180 g/mol. The van der Waals surface area contributed by atoms with E-state index in [2.05, 4.69) is 26.8 Å². The van der Waals surface area contributed by atoms with Crippen LogP contribution in [0.4, 0.5) is 38.9 Å². The second-order valence-electron chi connectivity index (χ2n) is 21.5. The van der Waals surface area contributed by atoms with E-state index in [0.29, 0.717) is 40.8 Å². The molecule has 5 atom stereocenters. The SMILES string of the molecule is C=C(COC(=O)NCC(=O)O[C@@]1(CC)c2cc3n(c(=O)c2COC1O)Cc1cc2cc(N)c(F)cc2nc1-3)C(=O)N1CCN(c2nc(OC[C@@]34CCCN3C[C@H](F)C4)nc3c(F)c(-c4ccc(F)c5sc(N)c(C#N)c45)c(Cl)cc23)[C@@H](C)C1. The number of hydrogen-bond donors (Lipinski definition) is 4. The molecule has 1 unspecified atom stereocenters. The van der Waals surface area contributed by atoms with Crippen LogP contribution in [-0.4, -0.2) is 129 Å². The van der Waals surface area contributed by atoms with Crippen LogP contribution in [0.5, 0.6) is 6.01 Å². The molecule has 0 spiro atoms. The maximum atomic E-state index is 17.4. The minimum atomic E-state index is -1.91. The van der Waals surface area contributed by atoms with Gasteiger partial charge in [0.1, 0.15) is 60.0 Å². The molecule has 7 aromatic rings. The third-order valence-corrected chi connectivity index (χ3v) is 17.9. The fourth-order valence-electron chi connectivity index (χ4n) is 12.5. The molecule has 0 radical (unpaired) electrons. The number of nitrogens with zero attached hydrogens (tertiary/aromatic N) is 8. The molecule has 5 aliphatic rings. The largest absolute Gasteiger partial charge is 0.461 e. The van der Waals surface area contributed by atoms with E-state index < -0.39 is 83.8 Å². The summed E-state index contributed by atoms with van der Waals surface area (Å²) in [7, 11) is 0. The van der Waals surface area contributed by atoms with Gasteiger partial charge in [0.25, 0.3) is 11.5 Å². The van der Waals surface area contributed by atoms with Crippen molar-refractivity contribution in [3.8, 4) is 34.6 Å². The molecule has 12 rings (SSSR count). The molecule has 2 amide bonds. The number of rotatable bonds is 12. The first-order valence-corrected chi connectivity index (χ1v) is 27.9. The van der Waals surface area contributed by atoms with Crippen LogP contribution in [0.1, 0.15) is 61.8 Å². The number of aliphatic hydroxyl groups is 1. The van der Waals surface area contributed by atoms with Crippen molar-refractivity contribution in [3.63, 3.8) is 0 Å². The molecular formula is C57H52ClF4N11O9S. The van der Waals surface area contributed by atoms with Crippen LogP contribution in [0, 0.1) is 28.8 Å². The Kier molecular flexibility index (Phi) is 14.0. The summed E-state index contributed by atoms with van der Waals surface area (Å²) in [6.07, 6.45) is -2.19. The van der Waals surface area contributed by atoms with Crippen molar-refractivity contribution in [2.75, 3.05) is 68.8 Å². The molecule has 3 saturated heterocycles. The molecule has 0 bridgehead atoms. The summed E-state index contributed by atoms with van der Waals surface area (Å²) in [4.78, 5) is 73.8. The summed E-state index contributed by atoms with van der Waals surface area (Å²) in [5.74, 6) is -3.60. The van der Waals surface area contributed by atoms with Gasteiger partial charge in [-0.1, -0.05) is 31.2 Å². The number of alkyl carbamates (subject to hydrolysis) is 1. The lowest BCUT2D eigenvalue weighted by Crippen LogP contribution is -2.54. The minimum Gasteiger partial charge on any atom is -0.461 e. The number of anilines is 3. The molecule has 5 aliphatic heterocycles. The van der Waals surface area contributed by atoms with E-state index in [4.69, 9.17) is 47.0 Å². The quantitative estimate of drug-likeness (QED) is 0.0404. The van der Waals surface area contributed by atoms with Crippen LogP contribution in [0.15, 0.2) is 59.4 Å². The van der Waals surface area contributed by atoms with Crippen LogP contribution in [-0.2, 0) is 42.6 Å². The number of esters is 1. The zero-order chi connectivity index (χ0) is 58.6. The molecule has 26 heteroatoms. The van der Waals surface area contributed by atoms with Crippen LogP contribution in [0.25, 0.3) is 54.4 Å².